The van der Waals surface area contributed by atoms with E-state index in [9.17, 15) is 18.0 Å². The maximum atomic E-state index is 12.1. The fourth-order valence-electron chi connectivity index (χ4n) is 1.59. The minimum absolute atomic E-state index is 0.0286. The van der Waals surface area contributed by atoms with E-state index in [2.05, 4.69) is 10.0 Å². The first kappa shape index (κ1) is 19.4. The summed E-state index contributed by atoms with van der Waals surface area (Å²) in [5.41, 5.74) is 0. The summed E-state index contributed by atoms with van der Waals surface area (Å²) in [6.07, 6.45) is 0. The van der Waals surface area contributed by atoms with Crippen molar-refractivity contribution in [1.29, 1.82) is 0 Å². The molecule has 0 radical (unpaired) electrons. The first-order chi connectivity index (χ1) is 10.6. The molecule has 1 amide bonds. The average Bonchev–Trinajstić information content (AvgIpc) is 2.44. The summed E-state index contributed by atoms with van der Waals surface area (Å²) < 4.78 is 31.1. The van der Waals surface area contributed by atoms with Crippen LogP contribution in [-0.2, 0) is 24.3 Å². The van der Waals surface area contributed by atoms with Gasteiger partial charge in [-0.15, -0.1) is 0 Å². The number of carbonyl (C=O) groups excluding carboxylic acids is 2. The van der Waals surface area contributed by atoms with Crippen molar-refractivity contribution in [2.75, 3.05) is 6.61 Å². The fraction of sp³-hybridized carbons (Fsp3) is 0.429. The topological polar surface area (TPSA) is 102 Å². The highest BCUT2D eigenvalue weighted by molar-refractivity contribution is 7.89. The van der Waals surface area contributed by atoms with E-state index in [0.717, 1.165) is 0 Å². The molecule has 0 fully saturated rings. The van der Waals surface area contributed by atoms with Crippen molar-refractivity contribution in [2.45, 2.75) is 37.8 Å². The Morgan fingerprint density at radius 2 is 1.74 bits per heavy atom. The van der Waals surface area contributed by atoms with Gasteiger partial charge < -0.3 is 10.1 Å². The minimum Gasteiger partial charge on any atom is -0.454 e. The lowest BCUT2D eigenvalue weighted by atomic mass is 10.4. The van der Waals surface area contributed by atoms with Gasteiger partial charge in [-0.2, -0.15) is 4.72 Å². The van der Waals surface area contributed by atoms with E-state index >= 15 is 0 Å². The van der Waals surface area contributed by atoms with Crippen LogP contribution in [0.25, 0.3) is 0 Å². The Hall–Kier alpha value is -1.64. The predicted molar refractivity (Wildman–Crippen MR) is 85.5 cm³/mol. The number of sulfonamides is 1. The van der Waals surface area contributed by atoms with Gasteiger partial charge in [-0.1, -0.05) is 11.6 Å². The highest BCUT2D eigenvalue weighted by Gasteiger charge is 2.23. The first-order valence-corrected chi connectivity index (χ1v) is 8.72. The Balaban J connectivity index is 2.60. The molecule has 0 saturated carbocycles. The molecule has 0 spiro atoms. The molecule has 1 aromatic carbocycles. The Morgan fingerprint density at radius 3 is 2.26 bits per heavy atom. The highest BCUT2D eigenvalue weighted by atomic mass is 35.5. The van der Waals surface area contributed by atoms with E-state index in [1.165, 1.54) is 31.2 Å². The van der Waals surface area contributed by atoms with Crippen LogP contribution in [0, 0.1) is 0 Å². The number of rotatable bonds is 7. The van der Waals surface area contributed by atoms with Crippen LogP contribution in [0.2, 0.25) is 5.02 Å². The first-order valence-electron chi connectivity index (χ1n) is 6.85. The van der Waals surface area contributed by atoms with Crippen molar-refractivity contribution in [3.05, 3.63) is 29.3 Å². The van der Waals surface area contributed by atoms with Crippen LogP contribution >= 0.6 is 11.6 Å². The summed E-state index contributed by atoms with van der Waals surface area (Å²) in [7, 11) is -3.89. The zero-order chi connectivity index (χ0) is 17.6. The second-order valence-electron chi connectivity index (χ2n) is 5.13. The molecule has 0 unspecified atom stereocenters. The molecule has 0 bridgehead atoms. The Morgan fingerprint density at radius 1 is 1.17 bits per heavy atom. The van der Waals surface area contributed by atoms with E-state index in [-0.39, 0.29) is 10.9 Å². The van der Waals surface area contributed by atoms with Gasteiger partial charge in [0, 0.05) is 11.1 Å². The number of hydrogen-bond acceptors (Lipinski definition) is 5. The van der Waals surface area contributed by atoms with Gasteiger partial charge in [0.2, 0.25) is 10.0 Å². The van der Waals surface area contributed by atoms with E-state index in [1.807, 2.05) is 0 Å². The van der Waals surface area contributed by atoms with E-state index < -0.39 is 34.5 Å². The smallest absolute Gasteiger partial charge is 0.324 e. The molecule has 0 aromatic heterocycles. The number of amides is 1. The largest absolute Gasteiger partial charge is 0.454 e. The van der Waals surface area contributed by atoms with E-state index in [1.54, 1.807) is 13.8 Å². The molecule has 0 saturated heterocycles. The van der Waals surface area contributed by atoms with Gasteiger partial charge in [-0.3, -0.25) is 9.59 Å². The van der Waals surface area contributed by atoms with Crippen LogP contribution in [0.5, 0.6) is 0 Å². The van der Waals surface area contributed by atoms with E-state index in [0.29, 0.717) is 5.02 Å². The number of benzene rings is 1. The molecule has 128 valence electrons. The van der Waals surface area contributed by atoms with Crippen molar-refractivity contribution >= 4 is 33.5 Å². The Kier molecular flexibility index (Phi) is 6.99. The number of esters is 1. The van der Waals surface area contributed by atoms with Gasteiger partial charge in [-0.05, 0) is 45.0 Å². The molecule has 23 heavy (non-hydrogen) atoms. The molecule has 0 aliphatic heterocycles. The van der Waals surface area contributed by atoms with Crippen molar-refractivity contribution in [1.82, 2.24) is 10.0 Å². The predicted octanol–water partition coefficient (Wildman–Crippen LogP) is 1.07. The third-order valence-electron chi connectivity index (χ3n) is 2.60. The summed E-state index contributed by atoms with van der Waals surface area (Å²) in [5, 5.41) is 2.95. The molecular weight excluding hydrogens is 344 g/mol. The number of halogens is 1. The van der Waals surface area contributed by atoms with Gasteiger partial charge in [0.05, 0.1) is 4.90 Å². The second-order valence-corrected chi connectivity index (χ2v) is 7.28. The highest BCUT2D eigenvalue weighted by Crippen LogP contribution is 2.14. The lowest BCUT2D eigenvalue weighted by Gasteiger charge is -2.14. The Bertz CT molecular complexity index is 658. The molecule has 2 N–H and O–H groups in total. The minimum atomic E-state index is -3.89. The summed E-state index contributed by atoms with van der Waals surface area (Å²) >= 11 is 5.70. The van der Waals surface area contributed by atoms with Crippen molar-refractivity contribution < 1.29 is 22.7 Å². The summed E-state index contributed by atoms with van der Waals surface area (Å²) in [6.45, 7) is 4.39. The summed E-state index contributed by atoms with van der Waals surface area (Å²) in [5.74, 6) is -1.30. The van der Waals surface area contributed by atoms with Crippen molar-refractivity contribution in [2.24, 2.45) is 0 Å². The van der Waals surface area contributed by atoms with Gasteiger partial charge >= 0.3 is 5.97 Å². The summed E-state index contributed by atoms with van der Waals surface area (Å²) in [4.78, 5) is 23.1. The van der Waals surface area contributed by atoms with Crippen LogP contribution < -0.4 is 10.0 Å². The molecule has 9 heteroatoms. The Labute approximate surface area is 140 Å². The second kappa shape index (κ2) is 8.28. The van der Waals surface area contributed by atoms with Crippen LogP contribution in [0.4, 0.5) is 0 Å². The number of carbonyl (C=O) groups is 2. The molecular formula is C14H19ClN2O5S. The fourth-order valence-corrected chi connectivity index (χ4v) is 2.91. The number of nitrogens with one attached hydrogen (secondary N) is 2. The molecule has 1 aromatic rings. The van der Waals surface area contributed by atoms with Gasteiger partial charge in [0.15, 0.2) is 6.61 Å². The van der Waals surface area contributed by atoms with Crippen LogP contribution in [0.1, 0.15) is 20.8 Å². The SMILES string of the molecule is CC(C)NC(=O)COC(=O)[C@H](C)NS(=O)(=O)c1ccc(Cl)cc1. The normalized spacial score (nSPS) is 12.7. The van der Waals surface area contributed by atoms with Gasteiger partial charge in [0.25, 0.3) is 5.91 Å². The molecule has 7 nitrogen and oxygen atoms in total. The van der Waals surface area contributed by atoms with Gasteiger partial charge in [-0.25, -0.2) is 8.42 Å². The zero-order valence-corrected chi connectivity index (χ0v) is 14.6. The van der Waals surface area contributed by atoms with Crippen LogP contribution in [0.15, 0.2) is 29.2 Å². The van der Waals surface area contributed by atoms with E-state index in [4.69, 9.17) is 16.3 Å². The lowest BCUT2D eigenvalue weighted by molar-refractivity contribution is -0.149. The van der Waals surface area contributed by atoms with Crippen molar-refractivity contribution in [3.63, 3.8) is 0 Å². The molecule has 0 aliphatic carbocycles. The maximum absolute atomic E-state index is 12.1. The third-order valence-corrected chi connectivity index (χ3v) is 4.41. The average molecular weight is 363 g/mol. The summed E-state index contributed by atoms with van der Waals surface area (Å²) in [6, 6.07) is 4.27. The molecule has 1 atom stereocenters. The zero-order valence-electron chi connectivity index (χ0n) is 13.0. The molecule has 1 rings (SSSR count). The molecule has 0 aliphatic rings. The molecule has 0 heterocycles. The van der Waals surface area contributed by atoms with Crippen molar-refractivity contribution in [3.8, 4) is 0 Å². The number of hydrogen-bond donors (Lipinski definition) is 2. The third kappa shape index (κ3) is 6.55. The maximum Gasteiger partial charge on any atom is 0.324 e. The van der Waals surface area contributed by atoms with Crippen LogP contribution in [-0.4, -0.2) is 39.0 Å². The quantitative estimate of drug-likeness (QED) is 0.706. The lowest BCUT2D eigenvalue weighted by Crippen LogP contribution is -2.41. The van der Waals surface area contributed by atoms with Crippen LogP contribution in [0.3, 0.4) is 0 Å². The monoisotopic (exact) mass is 362 g/mol. The number of ether oxygens (including phenoxy) is 1. The van der Waals surface area contributed by atoms with Gasteiger partial charge in [0.1, 0.15) is 6.04 Å². The standard InChI is InChI=1S/C14H19ClN2O5S/c1-9(2)16-13(18)8-22-14(19)10(3)17-23(20,21)12-6-4-11(15)5-7-12/h4-7,9-10,17H,8H2,1-3H3,(H,16,18)/t10-/m0/s1.